The third-order valence-electron chi connectivity index (χ3n) is 5.56. The van der Waals surface area contributed by atoms with E-state index in [1.807, 2.05) is 6.07 Å². The third kappa shape index (κ3) is 3.01. The molecule has 6 heteroatoms. The zero-order chi connectivity index (χ0) is 16.4. The highest BCUT2D eigenvalue weighted by atomic mass is 16.2. The molecule has 2 aliphatic rings. The van der Waals surface area contributed by atoms with Crippen LogP contribution in [0.3, 0.4) is 0 Å². The van der Waals surface area contributed by atoms with Gasteiger partial charge in [0.1, 0.15) is 6.33 Å². The van der Waals surface area contributed by atoms with Crippen molar-refractivity contribution in [3.8, 4) is 0 Å². The van der Waals surface area contributed by atoms with Crippen molar-refractivity contribution in [3.05, 3.63) is 24.3 Å². The van der Waals surface area contributed by atoms with Crippen molar-refractivity contribution in [1.82, 2.24) is 24.5 Å². The Hall–Kier alpha value is -1.98. The Bertz CT molecular complexity index is 706. The number of carbonyl (C=O) groups is 1. The van der Waals surface area contributed by atoms with Gasteiger partial charge >= 0.3 is 0 Å². The molecule has 4 rings (SSSR count). The molecule has 128 valence electrons. The second-order valence-corrected chi connectivity index (χ2v) is 7.15. The second-order valence-electron chi connectivity index (χ2n) is 7.15. The summed E-state index contributed by atoms with van der Waals surface area (Å²) in [6.07, 6.45) is 13.6. The summed E-state index contributed by atoms with van der Waals surface area (Å²) in [7, 11) is 0. The van der Waals surface area contributed by atoms with E-state index in [0.29, 0.717) is 24.0 Å². The lowest BCUT2D eigenvalue weighted by atomic mass is 9.86. The summed E-state index contributed by atoms with van der Waals surface area (Å²) in [5.41, 5.74) is 1.04. The Kier molecular flexibility index (Phi) is 4.45. The predicted molar refractivity (Wildman–Crippen MR) is 90.3 cm³/mol. The van der Waals surface area contributed by atoms with Gasteiger partial charge in [0.05, 0.1) is 11.7 Å². The van der Waals surface area contributed by atoms with E-state index in [9.17, 15) is 4.79 Å². The van der Waals surface area contributed by atoms with Crippen LogP contribution in [0.1, 0.15) is 69.5 Å². The van der Waals surface area contributed by atoms with Crippen LogP contribution < -0.4 is 0 Å². The van der Waals surface area contributed by atoms with E-state index in [2.05, 4.69) is 20.0 Å². The molecule has 0 aromatic carbocycles. The van der Waals surface area contributed by atoms with E-state index >= 15 is 0 Å². The molecule has 3 heterocycles. The van der Waals surface area contributed by atoms with Crippen LogP contribution in [0.5, 0.6) is 0 Å². The fraction of sp³-hybridized carbons (Fsp3) is 0.667. The van der Waals surface area contributed by atoms with Gasteiger partial charge in [-0.05, 0) is 44.1 Å². The molecule has 1 amide bonds. The molecule has 2 fully saturated rings. The number of carbonyl (C=O) groups excluding carboxylic acids is 1. The largest absolute Gasteiger partial charge is 0.334 e. The summed E-state index contributed by atoms with van der Waals surface area (Å²) in [5.74, 6) is 1.51. The Morgan fingerprint density at radius 1 is 1.08 bits per heavy atom. The van der Waals surface area contributed by atoms with Gasteiger partial charge in [0.15, 0.2) is 0 Å². The van der Waals surface area contributed by atoms with Crippen LogP contribution in [0.4, 0.5) is 0 Å². The zero-order valence-electron chi connectivity index (χ0n) is 14.1. The Balaban J connectivity index is 1.56. The van der Waals surface area contributed by atoms with Gasteiger partial charge in [-0.25, -0.2) is 4.98 Å². The fourth-order valence-corrected chi connectivity index (χ4v) is 4.30. The Labute approximate surface area is 142 Å². The lowest BCUT2D eigenvalue weighted by Gasteiger charge is -2.37. The maximum Gasteiger partial charge on any atom is 0.252 e. The smallest absolute Gasteiger partial charge is 0.252 e. The number of amides is 1. The summed E-state index contributed by atoms with van der Waals surface area (Å²) < 4.78 is 1.79. The standard InChI is InChI=1S/C18H25N5O/c24-17(12-14-6-2-1-3-7-14)22-11-5-4-8-15(22)16-9-10-19-18-20-13-21-23(16)18/h9-10,13-15H,1-8,11-12H2/t15-/m0/s1. The lowest BCUT2D eigenvalue weighted by Crippen LogP contribution is -2.40. The molecule has 0 N–H and O–H groups in total. The summed E-state index contributed by atoms with van der Waals surface area (Å²) in [5, 5.41) is 4.31. The minimum Gasteiger partial charge on any atom is -0.334 e. The summed E-state index contributed by atoms with van der Waals surface area (Å²) >= 11 is 0. The lowest BCUT2D eigenvalue weighted by molar-refractivity contribution is -0.136. The molecule has 0 radical (unpaired) electrons. The van der Waals surface area contributed by atoms with Crippen molar-refractivity contribution < 1.29 is 4.79 Å². The van der Waals surface area contributed by atoms with Crippen LogP contribution in [0, 0.1) is 5.92 Å². The number of hydrogen-bond acceptors (Lipinski definition) is 4. The van der Waals surface area contributed by atoms with Crippen LogP contribution in [-0.2, 0) is 4.79 Å². The van der Waals surface area contributed by atoms with E-state index in [-0.39, 0.29) is 6.04 Å². The van der Waals surface area contributed by atoms with Gasteiger partial charge in [0.25, 0.3) is 5.78 Å². The van der Waals surface area contributed by atoms with E-state index in [1.165, 1.54) is 38.4 Å². The van der Waals surface area contributed by atoms with Gasteiger partial charge in [0, 0.05) is 19.2 Å². The topological polar surface area (TPSA) is 63.4 Å². The normalized spacial score (nSPS) is 22.8. The van der Waals surface area contributed by atoms with Gasteiger partial charge in [-0.1, -0.05) is 19.3 Å². The molecule has 1 aliphatic carbocycles. The maximum absolute atomic E-state index is 13.0. The van der Waals surface area contributed by atoms with Crippen molar-refractivity contribution >= 4 is 11.7 Å². The van der Waals surface area contributed by atoms with E-state index in [0.717, 1.165) is 31.5 Å². The van der Waals surface area contributed by atoms with E-state index < -0.39 is 0 Å². The minimum atomic E-state index is 0.0991. The van der Waals surface area contributed by atoms with Gasteiger partial charge in [0.2, 0.25) is 5.91 Å². The van der Waals surface area contributed by atoms with Gasteiger partial charge in [-0.3, -0.25) is 4.79 Å². The summed E-state index contributed by atoms with van der Waals surface area (Å²) in [6, 6.07) is 2.08. The zero-order valence-corrected chi connectivity index (χ0v) is 14.1. The molecule has 24 heavy (non-hydrogen) atoms. The van der Waals surface area contributed by atoms with Gasteiger partial charge in [-0.15, -0.1) is 0 Å². The van der Waals surface area contributed by atoms with Crippen LogP contribution in [0.2, 0.25) is 0 Å². The first-order chi connectivity index (χ1) is 11.8. The number of rotatable bonds is 3. The predicted octanol–water partition coefficient (Wildman–Crippen LogP) is 3.15. The van der Waals surface area contributed by atoms with Crippen molar-refractivity contribution in [2.75, 3.05) is 6.54 Å². The molecular weight excluding hydrogens is 302 g/mol. The number of piperidine rings is 1. The fourth-order valence-electron chi connectivity index (χ4n) is 4.30. The van der Waals surface area contributed by atoms with E-state index in [4.69, 9.17) is 0 Å². The highest BCUT2D eigenvalue weighted by molar-refractivity contribution is 5.77. The first-order valence-corrected chi connectivity index (χ1v) is 9.27. The van der Waals surface area contributed by atoms with Crippen LogP contribution in [-0.4, -0.2) is 36.9 Å². The molecular formula is C18H25N5O. The first-order valence-electron chi connectivity index (χ1n) is 9.27. The van der Waals surface area contributed by atoms with Crippen molar-refractivity contribution in [2.24, 2.45) is 5.92 Å². The molecule has 1 aliphatic heterocycles. The molecule has 0 spiro atoms. The minimum absolute atomic E-state index is 0.0991. The molecule has 0 bridgehead atoms. The van der Waals surface area contributed by atoms with Crippen molar-refractivity contribution in [3.63, 3.8) is 0 Å². The third-order valence-corrected chi connectivity index (χ3v) is 5.56. The molecule has 0 unspecified atom stereocenters. The molecule has 1 saturated carbocycles. The number of hydrogen-bond donors (Lipinski definition) is 0. The number of likely N-dealkylation sites (tertiary alicyclic amines) is 1. The highest BCUT2D eigenvalue weighted by Gasteiger charge is 2.31. The van der Waals surface area contributed by atoms with Crippen molar-refractivity contribution in [2.45, 2.75) is 63.8 Å². The average Bonchev–Trinajstić information content (AvgIpc) is 3.11. The highest BCUT2D eigenvalue weighted by Crippen LogP contribution is 2.33. The van der Waals surface area contributed by atoms with Crippen LogP contribution >= 0.6 is 0 Å². The van der Waals surface area contributed by atoms with Crippen LogP contribution in [0.15, 0.2) is 18.6 Å². The Morgan fingerprint density at radius 2 is 1.92 bits per heavy atom. The summed E-state index contributed by atoms with van der Waals surface area (Å²) in [6.45, 7) is 0.856. The first kappa shape index (κ1) is 15.5. The van der Waals surface area contributed by atoms with Crippen molar-refractivity contribution in [1.29, 1.82) is 0 Å². The quantitative estimate of drug-likeness (QED) is 0.869. The van der Waals surface area contributed by atoms with Gasteiger partial charge in [-0.2, -0.15) is 14.6 Å². The van der Waals surface area contributed by atoms with Crippen LogP contribution in [0.25, 0.3) is 5.78 Å². The Morgan fingerprint density at radius 3 is 2.79 bits per heavy atom. The average molecular weight is 327 g/mol. The number of aromatic nitrogens is 4. The summed E-state index contributed by atoms with van der Waals surface area (Å²) in [4.78, 5) is 23.5. The second kappa shape index (κ2) is 6.87. The molecule has 2 aromatic heterocycles. The molecule has 1 atom stereocenters. The van der Waals surface area contributed by atoms with E-state index in [1.54, 1.807) is 10.7 Å². The van der Waals surface area contributed by atoms with Gasteiger partial charge < -0.3 is 4.90 Å². The molecule has 1 saturated heterocycles. The SMILES string of the molecule is O=C(CC1CCCCC1)N1CCCC[C@H]1c1ccnc2ncnn12. The molecule has 2 aromatic rings. The molecule has 6 nitrogen and oxygen atoms in total. The maximum atomic E-state index is 13.0. The number of nitrogens with zero attached hydrogens (tertiary/aromatic N) is 5. The number of fused-ring (bicyclic) bond motifs is 1. The monoisotopic (exact) mass is 327 g/mol.